The highest BCUT2D eigenvalue weighted by Crippen LogP contribution is 2.22. The largest absolute Gasteiger partial charge is 0.370 e. The number of likely N-dealkylation sites (tertiary alicyclic amines) is 1. The number of carbonyl (C=O) groups is 2. The van der Waals surface area contributed by atoms with Crippen molar-refractivity contribution in [2.45, 2.75) is 46.1 Å². The zero-order chi connectivity index (χ0) is 17.0. The maximum absolute atomic E-state index is 12.5. The number of amides is 3. The summed E-state index contributed by atoms with van der Waals surface area (Å²) in [5.41, 5.74) is 8.78. The summed E-state index contributed by atoms with van der Waals surface area (Å²) in [6, 6.07) is 6.17. The number of benzene rings is 1. The van der Waals surface area contributed by atoms with Gasteiger partial charge in [-0.2, -0.15) is 0 Å². The molecule has 1 saturated heterocycles. The number of urea groups is 1. The minimum atomic E-state index is -0.291. The predicted octanol–water partition coefficient (Wildman–Crippen LogP) is 2.66. The Labute approximate surface area is 138 Å². The molecule has 5 heteroatoms. The van der Waals surface area contributed by atoms with Gasteiger partial charge < -0.3 is 16.0 Å². The fraction of sp³-hybridized carbons (Fsp3) is 0.556. The minimum Gasteiger partial charge on any atom is -0.370 e. The van der Waals surface area contributed by atoms with Crippen molar-refractivity contribution in [1.29, 1.82) is 0 Å². The van der Waals surface area contributed by atoms with Crippen molar-refractivity contribution in [3.05, 3.63) is 34.9 Å². The summed E-state index contributed by atoms with van der Waals surface area (Å²) in [6.45, 7) is 7.46. The zero-order valence-corrected chi connectivity index (χ0v) is 14.3. The first-order chi connectivity index (χ1) is 10.9. The van der Waals surface area contributed by atoms with Gasteiger partial charge in [-0.25, -0.2) is 4.79 Å². The van der Waals surface area contributed by atoms with Crippen LogP contribution in [0.4, 0.5) is 4.79 Å². The molecule has 1 heterocycles. The Hall–Kier alpha value is -2.04. The molecule has 5 nitrogen and oxygen atoms in total. The van der Waals surface area contributed by atoms with E-state index in [0.29, 0.717) is 13.0 Å². The van der Waals surface area contributed by atoms with E-state index in [1.165, 1.54) is 11.1 Å². The van der Waals surface area contributed by atoms with E-state index in [-0.39, 0.29) is 23.9 Å². The lowest BCUT2D eigenvalue weighted by atomic mass is 9.94. The standard InChI is InChI=1S/C18H27N3O2/c1-12-6-7-13(2)16(9-12)14(3)20-18(23)21-8-4-5-15(11-21)10-17(19)22/h6-7,9,14-15H,4-5,8,10-11H2,1-3H3,(H2,19,22)(H,20,23)/t14-,15-/m1/s1. The second-order valence-corrected chi connectivity index (χ2v) is 6.66. The van der Waals surface area contributed by atoms with E-state index < -0.39 is 0 Å². The van der Waals surface area contributed by atoms with Crippen LogP contribution in [0.3, 0.4) is 0 Å². The lowest BCUT2D eigenvalue weighted by Crippen LogP contribution is -2.46. The van der Waals surface area contributed by atoms with Crippen molar-refractivity contribution >= 4 is 11.9 Å². The highest BCUT2D eigenvalue weighted by atomic mass is 16.2. The molecule has 0 saturated carbocycles. The molecule has 0 aromatic heterocycles. The van der Waals surface area contributed by atoms with Crippen LogP contribution in [0, 0.1) is 19.8 Å². The number of nitrogens with one attached hydrogen (secondary N) is 1. The molecule has 23 heavy (non-hydrogen) atoms. The van der Waals surface area contributed by atoms with Crippen LogP contribution in [0.2, 0.25) is 0 Å². The molecule has 1 aliphatic heterocycles. The molecule has 0 bridgehead atoms. The number of nitrogens with two attached hydrogens (primary N) is 1. The van der Waals surface area contributed by atoms with E-state index >= 15 is 0 Å². The maximum atomic E-state index is 12.5. The van der Waals surface area contributed by atoms with Gasteiger partial charge in [-0.3, -0.25) is 4.79 Å². The Kier molecular flexibility index (Phi) is 5.64. The summed E-state index contributed by atoms with van der Waals surface area (Å²) < 4.78 is 0. The van der Waals surface area contributed by atoms with E-state index in [0.717, 1.165) is 24.9 Å². The topological polar surface area (TPSA) is 75.4 Å². The molecule has 2 rings (SSSR count). The van der Waals surface area contributed by atoms with Gasteiger partial charge in [0.15, 0.2) is 0 Å². The SMILES string of the molecule is Cc1ccc(C)c([C@@H](C)NC(=O)N2CCC[C@H](CC(N)=O)C2)c1. The number of nitrogens with zero attached hydrogens (tertiary/aromatic N) is 1. The van der Waals surface area contributed by atoms with E-state index in [1.54, 1.807) is 4.90 Å². The number of aryl methyl sites for hydroxylation is 2. The number of hydrogen-bond donors (Lipinski definition) is 2. The molecule has 1 aromatic carbocycles. The Morgan fingerprint density at radius 2 is 2.13 bits per heavy atom. The Bertz CT molecular complexity index is 586. The quantitative estimate of drug-likeness (QED) is 0.896. The fourth-order valence-electron chi connectivity index (χ4n) is 3.28. The summed E-state index contributed by atoms with van der Waals surface area (Å²) in [4.78, 5) is 25.4. The maximum Gasteiger partial charge on any atom is 0.317 e. The van der Waals surface area contributed by atoms with Gasteiger partial charge in [0.25, 0.3) is 0 Å². The van der Waals surface area contributed by atoms with Gasteiger partial charge in [0.05, 0.1) is 6.04 Å². The smallest absolute Gasteiger partial charge is 0.317 e. The van der Waals surface area contributed by atoms with Crippen molar-refractivity contribution in [2.75, 3.05) is 13.1 Å². The van der Waals surface area contributed by atoms with E-state index in [9.17, 15) is 9.59 Å². The molecule has 1 aromatic rings. The first-order valence-electron chi connectivity index (χ1n) is 8.27. The van der Waals surface area contributed by atoms with Gasteiger partial charge in [0, 0.05) is 19.5 Å². The second-order valence-electron chi connectivity index (χ2n) is 6.66. The van der Waals surface area contributed by atoms with Gasteiger partial charge in [-0.15, -0.1) is 0 Å². The van der Waals surface area contributed by atoms with Gasteiger partial charge in [-0.1, -0.05) is 23.8 Å². The van der Waals surface area contributed by atoms with Gasteiger partial charge >= 0.3 is 6.03 Å². The third kappa shape index (κ3) is 4.71. The molecule has 0 aliphatic carbocycles. The van der Waals surface area contributed by atoms with E-state index in [1.807, 2.05) is 6.92 Å². The van der Waals surface area contributed by atoms with Crippen LogP contribution < -0.4 is 11.1 Å². The van der Waals surface area contributed by atoms with Crippen LogP contribution in [0.1, 0.15) is 48.9 Å². The van der Waals surface area contributed by atoms with Crippen LogP contribution in [0.15, 0.2) is 18.2 Å². The Morgan fingerprint density at radius 3 is 2.83 bits per heavy atom. The average Bonchev–Trinajstić information content (AvgIpc) is 2.49. The molecule has 0 spiro atoms. The van der Waals surface area contributed by atoms with Crippen LogP contribution in [-0.4, -0.2) is 29.9 Å². The normalized spacial score (nSPS) is 19.3. The van der Waals surface area contributed by atoms with Crippen molar-refractivity contribution < 1.29 is 9.59 Å². The van der Waals surface area contributed by atoms with Gasteiger partial charge in [0.2, 0.25) is 5.91 Å². The van der Waals surface area contributed by atoms with Crippen LogP contribution in [0.5, 0.6) is 0 Å². The monoisotopic (exact) mass is 317 g/mol. The predicted molar refractivity (Wildman–Crippen MR) is 91.0 cm³/mol. The third-order valence-electron chi connectivity index (χ3n) is 4.54. The lowest BCUT2D eigenvalue weighted by molar-refractivity contribution is -0.119. The van der Waals surface area contributed by atoms with Crippen LogP contribution >= 0.6 is 0 Å². The van der Waals surface area contributed by atoms with Crippen molar-refractivity contribution in [2.24, 2.45) is 11.7 Å². The number of carbonyl (C=O) groups excluding carboxylic acids is 2. The van der Waals surface area contributed by atoms with Crippen molar-refractivity contribution in [1.82, 2.24) is 10.2 Å². The molecule has 2 atom stereocenters. The summed E-state index contributed by atoms with van der Waals surface area (Å²) in [5.74, 6) is -0.107. The molecular formula is C18H27N3O2. The molecular weight excluding hydrogens is 290 g/mol. The highest BCUT2D eigenvalue weighted by Gasteiger charge is 2.25. The average molecular weight is 317 g/mol. The second kappa shape index (κ2) is 7.49. The van der Waals surface area contributed by atoms with Gasteiger partial charge in [0.1, 0.15) is 0 Å². The van der Waals surface area contributed by atoms with Gasteiger partial charge in [-0.05, 0) is 50.7 Å². The number of hydrogen-bond acceptors (Lipinski definition) is 2. The molecule has 1 fully saturated rings. The van der Waals surface area contributed by atoms with Crippen molar-refractivity contribution in [3.63, 3.8) is 0 Å². The Balaban J connectivity index is 1.97. The molecule has 126 valence electrons. The first-order valence-corrected chi connectivity index (χ1v) is 8.27. The van der Waals surface area contributed by atoms with Crippen LogP contribution in [-0.2, 0) is 4.79 Å². The molecule has 0 unspecified atom stereocenters. The molecule has 3 N–H and O–H groups in total. The van der Waals surface area contributed by atoms with E-state index in [2.05, 4.69) is 37.4 Å². The zero-order valence-electron chi connectivity index (χ0n) is 14.3. The van der Waals surface area contributed by atoms with Crippen molar-refractivity contribution in [3.8, 4) is 0 Å². The molecule has 3 amide bonds. The van der Waals surface area contributed by atoms with E-state index in [4.69, 9.17) is 5.73 Å². The summed E-state index contributed by atoms with van der Waals surface area (Å²) in [7, 11) is 0. The fourth-order valence-corrected chi connectivity index (χ4v) is 3.28. The highest BCUT2D eigenvalue weighted by molar-refractivity contribution is 5.76. The summed E-state index contributed by atoms with van der Waals surface area (Å²) >= 11 is 0. The number of primary amides is 1. The minimum absolute atomic E-state index is 0.0427. The lowest BCUT2D eigenvalue weighted by Gasteiger charge is -2.33. The Morgan fingerprint density at radius 1 is 1.39 bits per heavy atom. The molecule has 1 aliphatic rings. The number of rotatable bonds is 4. The first kappa shape index (κ1) is 17.3. The molecule has 0 radical (unpaired) electrons. The summed E-state index contributed by atoms with van der Waals surface area (Å²) in [5, 5.41) is 3.08. The summed E-state index contributed by atoms with van der Waals surface area (Å²) in [6.07, 6.45) is 2.23. The third-order valence-corrected chi connectivity index (χ3v) is 4.54. The van der Waals surface area contributed by atoms with Crippen LogP contribution in [0.25, 0.3) is 0 Å². The number of piperidine rings is 1.